The minimum absolute atomic E-state index is 0.241. The van der Waals surface area contributed by atoms with E-state index < -0.39 is 5.97 Å². The van der Waals surface area contributed by atoms with E-state index in [1.165, 1.54) is 32.6 Å². The maximum absolute atomic E-state index is 12.6. The van der Waals surface area contributed by atoms with Crippen LogP contribution in [-0.2, 0) is 16.1 Å². The third-order valence-corrected chi connectivity index (χ3v) is 5.15. The maximum atomic E-state index is 12.6. The molecule has 3 rings (SSSR count). The largest absolute Gasteiger partial charge is 0.463 e. The number of esters is 1. The molecule has 6 nitrogen and oxygen atoms in total. The summed E-state index contributed by atoms with van der Waals surface area (Å²) < 4.78 is 9.97. The summed E-state index contributed by atoms with van der Waals surface area (Å²) in [6.07, 6.45) is 7.27. The van der Waals surface area contributed by atoms with Crippen molar-refractivity contribution in [1.29, 1.82) is 0 Å². The van der Waals surface area contributed by atoms with Gasteiger partial charge >= 0.3 is 5.97 Å². The summed E-state index contributed by atoms with van der Waals surface area (Å²) in [5.74, 6) is 0.414. The van der Waals surface area contributed by atoms with Gasteiger partial charge in [0.1, 0.15) is 0 Å². The number of methoxy groups -OCH3 is 1. The first kappa shape index (κ1) is 17.0. The highest BCUT2D eigenvalue weighted by atomic mass is 16.5. The van der Waals surface area contributed by atoms with Gasteiger partial charge in [-0.1, -0.05) is 19.3 Å². The highest BCUT2D eigenvalue weighted by molar-refractivity contribution is 5.87. The van der Waals surface area contributed by atoms with Gasteiger partial charge in [-0.05, 0) is 18.9 Å². The quantitative estimate of drug-likeness (QED) is 0.791. The number of nitrogens with zero attached hydrogens (tertiary/aromatic N) is 2. The number of carbonyl (C=O) groups is 2. The third kappa shape index (κ3) is 3.80. The predicted molar refractivity (Wildman–Crippen MR) is 88.5 cm³/mol. The van der Waals surface area contributed by atoms with Crippen LogP contribution in [0.1, 0.15) is 48.2 Å². The first-order chi connectivity index (χ1) is 11.7. The van der Waals surface area contributed by atoms with Crippen LogP contribution in [0, 0.1) is 5.92 Å². The predicted octanol–water partition coefficient (Wildman–Crippen LogP) is 2.29. The summed E-state index contributed by atoms with van der Waals surface area (Å²) in [7, 11) is 1.35. The van der Waals surface area contributed by atoms with Crippen molar-refractivity contribution in [3.05, 3.63) is 23.7 Å². The molecule has 2 fully saturated rings. The van der Waals surface area contributed by atoms with Gasteiger partial charge in [-0.2, -0.15) is 0 Å². The Morgan fingerprint density at radius 1 is 1.17 bits per heavy atom. The zero-order chi connectivity index (χ0) is 16.9. The van der Waals surface area contributed by atoms with Crippen molar-refractivity contribution in [2.24, 2.45) is 5.92 Å². The Balaban J connectivity index is 1.51. The monoisotopic (exact) mass is 334 g/mol. The number of amides is 1. The highest BCUT2D eigenvalue weighted by Gasteiger charge is 2.29. The summed E-state index contributed by atoms with van der Waals surface area (Å²) in [5.41, 5.74) is 0.842. The van der Waals surface area contributed by atoms with E-state index >= 15 is 0 Å². The van der Waals surface area contributed by atoms with E-state index in [1.54, 1.807) is 0 Å². The molecule has 0 aromatic carbocycles. The summed E-state index contributed by atoms with van der Waals surface area (Å²) in [4.78, 5) is 28.5. The van der Waals surface area contributed by atoms with Crippen molar-refractivity contribution in [3.63, 3.8) is 0 Å². The molecule has 2 aliphatic rings. The molecular weight excluding hydrogens is 308 g/mol. The second-order valence-electron chi connectivity index (χ2n) is 6.70. The standard InChI is InChI=1S/C18H26N2O4/c1-23-18(22)16-15(7-12-24-16)13-19-8-10-20(11-9-19)17(21)14-5-3-2-4-6-14/h7,12,14H,2-6,8-11,13H2,1H3. The lowest BCUT2D eigenvalue weighted by atomic mass is 9.88. The highest BCUT2D eigenvalue weighted by Crippen LogP contribution is 2.26. The lowest BCUT2D eigenvalue weighted by molar-refractivity contribution is -0.138. The molecule has 1 saturated heterocycles. The minimum Gasteiger partial charge on any atom is -0.463 e. The summed E-state index contributed by atoms with van der Waals surface area (Å²) >= 11 is 0. The number of hydrogen-bond donors (Lipinski definition) is 0. The smallest absolute Gasteiger partial charge is 0.374 e. The average molecular weight is 334 g/mol. The molecular formula is C18H26N2O4. The number of furan rings is 1. The third-order valence-electron chi connectivity index (χ3n) is 5.15. The van der Waals surface area contributed by atoms with E-state index in [9.17, 15) is 9.59 Å². The van der Waals surface area contributed by atoms with Crippen molar-refractivity contribution < 1.29 is 18.7 Å². The Hall–Kier alpha value is -1.82. The Labute approximate surface area is 142 Å². The van der Waals surface area contributed by atoms with Gasteiger partial charge in [-0.3, -0.25) is 9.69 Å². The normalized spacial score (nSPS) is 20.1. The summed E-state index contributed by atoms with van der Waals surface area (Å²) in [6.45, 7) is 3.82. The van der Waals surface area contributed by atoms with E-state index in [0.29, 0.717) is 12.5 Å². The van der Waals surface area contributed by atoms with Crippen LogP contribution in [0.25, 0.3) is 0 Å². The van der Waals surface area contributed by atoms with E-state index in [4.69, 9.17) is 9.15 Å². The molecule has 24 heavy (non-hydrogen) atoms. The minimum atomic E-state index is -0.443. The summed E-state index contributed by atoms with van der Waals surface area (Å²) in [5, 5.41) is 0. The number of piperazine rings is 1. The van der Waals surface area contributed by atoms with Crippen molar-refractivity contribution in [3.8, 4) is 0 Å². The summed E-state index contributed by atoms with van der Waals surface area (Å²) in [6, 6.07) is 1.81. The molecule has 1 saturated carbocycles. The Morgan fingerprint density at radius 2 is 1.88 bits per heavy atom. The first-order valence-electron chi connectivity index (χ1n) is 8.85. The molecule has 0 spiro atoms. The first-order valence-corrected chi connectivity index (χ1v) is 8.85. The van der Waals surface area contributed by atoms with Crippen LogP contribution in [0.4, 0.5) is 0 Å². The van der Waals surface area contributed by atoms with Crippen LogP contribution in [0.2, 0.25) is 0 Å². The van der Waals surface area contributed by atoms with Crippen LogP contribution in [0.5, 0.6) is 0 Å². The number of hydrogen-bond acceptors (Lipinski definition) is 5. The molecule has 1 aliphatic heterocycles. The van der Waals surface area contributed by atoms with Gasteiger partial charge in [0, 0.05) is 44.2 Å². The molecule has 6 heteroatoms. The van der Waals surface area contributed by atoms with Crippen LogP contribution in [0.3, 0.4) is 0 Å². The van der Waals surface area contributed by atoms with Gasteiger partial charge in [0.05, 0.1) is 13.4 Å². The van der Waals surface area contributed by atoms with E-state index in [-0.39, 0.29) is 11.7 Å². The van der Waals surface area contributed by atoms with E-state index in [2.05, 4.69) is 4.90 Å². The number of rotatable bonds is 4. The molecule has 0 N–H and O–H groups in total. The molecule has 132 valence electrons. The van der Waals surface area contributed by atoms with Gasteiger partial charge in [-0.25, -0.2) is 4.79 Å². The number of carbonyl (C=O) groups excluding carboxylic acids is 2. The van der Waals surface area contributed by atoms with Crippen molar-refractivity contribution in [1.82, 2.24) is 9.80 Å². The van der Waals surface area contributed by atoms with Gasteiger partial charge in [0.25, 0.3) is 0 Å². The van der Waals surface area contributed by atoms with Gasteiger partial charge in [0.15, 0.2) is 0 Å². The zero-order valence-electron chi connectivity index (χ0n) is 14.3. The average Bonchev–Trinajstić information content (AvgIpc) is 3.10. The van der Waals surface area contributed by atoms with Gasteiger partial charge < -0.3 is 14.1 Å². The fourth-order valence-corrected chi connectivity index (χ4v) is 3.71. The fraction of sp³-hybridized carbons (Fsp3) is 0.667. The Kier molecular flexibility index (Phi) is 5.56. The molecule has 1 amide bonds. The van der Waals surface area contributed by atoms with Crippen LogP contribution in [-0.4, -0.2) is 55.0 Å². The molecule has 0 radical (unpaired) electrons. The van der Waals surface area contributed by atoms with Crippen LogP contribution in [0.15, 0.2) is 16.7 Å². The van der Waals surface area contributed by atoms with Crippen molar-refractivity contribution in [2.75, 3.05) is 33.3 Å². The van der Waals surface area contributed by atoms with E-state index in [0.717, 1.165) is 44.6 Å². The maximum Gasteiger partial charge on any atom is 0.374 e. The lowest BCUT2D eigenvalue weighted by Crippen LogP contribution is -2.50. The van der Waals surface area contributed by atoms with Crippen molar-refractivity contribution in [2.45, 2.75) is 38.6 Å². The van der Waals surface area contributed by atoms with Crippen LogP contribution < -0.4 is 0 Å². The molecule has 0 bridgehead atoms. The molecule has 1 aliphatic carbocycles. The second kappa shape index (κ2) is 7.83. The zero-order valence-corrected chi connectivity index (χ0v) is 14.3. The Bertz CT molecular complexity index is 569. The van der Waals surface area contributed by atoms with Crippen molar-refractivity contribution >= 4 is 11.9 Å². The lowest BCUT2D eigenvalue weighted by Gasteiger charge is -2.37. The Morgan fingerprint density at radius 3 is 2.54 bits per heavy atom. The molecule has 1 aromatic rings. The van der Waals surface area contributed by atoms with Gasteiger partial charge in [0.2, 0.25) is 11.7 Å². The molecule has 0 atom stereocenters. The molecule has 0 unspecified atom stereocenters. The SMILES string of the molecule is COC(=O)c1occc1CN1CCN(C(=O)C2CCCCC2)CC1. The molecule has 1 aromatic heterocycles. The van der Waals surface area contributed by atoms with Crippen LogP contribution >= 0.6 is 0 Å². The number of ether oxygens (including phenoxy) is 1. The fourth-order valence-electron chi connectivity index (χ4n) is 3.71. The molecule has 2 heterocycles. The second-order valence-corrected chi connectivity index (χ2v) is 6.70. The topological polar surface area (TPSA) is 63.0 Å². The van der Waals surface area contributed by atoms with Gasteiger partial charge in [-0.15, -0.1) is 0 Å². The van der Waals surface area contributed by atoms with E-state index in [1.807, 2.05) is 11.0 Å².